The first-order valence-corrected chi connectivity index (χ1v) is 12.2. The highest BCUT2D eigenvalue weighted by Crippen LogP contribution is 2.43. The van der Waals surface area contributed by atoms with Gasteiger partial charge in [0, 0.05) is 35.9 Å². The summed E-state index contributed by atoms with van der Waals surface area (Å²) < 4.78 is 0. The van der Waals surface area contributed by atoms with Crippen LogP contribution in [0.2, 0.25) is 0 Å². The summed E-state index contributed by atoms with van der Waals surface area (Å²) in [5.74, 6) is 1.60. The molecular weight excluding hydrogens is 435 g/mol. The maximum Gasteiger partial charge on any atom is 0.118 e. The fraction of sp³-hybridized carbons (Fsp3) is 0.357. The van der Waals surface area contributed by atoms with Crippen molar-refractivity contribution in [3.8, 4) is 0 Å². The van der Waals surface area contributed by atoms with Crippen molar-refractivity contribution in [1.29, 1.82) is 0 Å². The van der Waals surface area contributed by atoms with Crippen molar-refractivity contribution in [2.45, 2.75) is 48.0 Å². The first kappa shape index (κ1) is 23.0. The predicted molar refractivity (Wildman–Crippen MR) is 140 cm³/mol. The third kappa shape index (κ3) is 4.00. The Labute approximate surface area is 202 Å². The molecule has 32 heavy (non-hydrogen) atoms. The van der Waals surface area contributed by atoms with Gasteiger partial charge in [0.2, 0.25) is 0 Å². The SMILES string of the molecule is Cc1cc(C)c(N2CCN(c3c(C)cc(C)cc3C)C2=C2CC=CC(CCl)=C2Cl)c(C)c1. The number of anilines is 2. The lowest BCUT2D eigenvalue weighted by atomic mass is 9.99. The van der Waals surface area contributed by atoms with Crippen LogP contribution >= 0.6 is 23.2 Å². The molecule has 0 unspecified atom stereocenters. The van der Waals surface area contributed by atoms with Crippen molar-refractivity contribution in [2.24, 2.45) is 0 Å². The summed E-state index contributed by atoms with van der Waals surface area (Å²) in [7, 11) is 0. The van der Waals surface area contributed by atoms with Gasteiger partial charge in [-0.1, -0.05) is 59.1 Å². The van der Waals surface area contributed by atoms with Gasteiger partial charge in [-0.3, -0.25) is 0 Å². The molecule has 1 aliphatic heterocycles. The molecule has 1 aliphatic carbocycles. The summed E-state index contributed by atoms with van der Waals surface area (Å²) >= 11 is 13.2. The van der Waals surface area contributed by atoms with E-state index in [1.165, 1.54) is 50.6 Å². The van der Waals surface area contributed by atoms with Gasteiger partial charge >= 0.3 is 0 Å². The van der Waals surface area contributed by atoms with Gasteiger partial charge < -0.3 is 9.80 Å². The molecule has 0 bridgehead atoms. The predicted octanol–water partition coefficient (Wildman–Crippen LogP) is 7.77. The van der Waals surface area contributed by atoms with Crippen LogP contribution in [0.3, 0.4) is 0 Å². The van der Waals surface area contributed by atoms with Crippen LogP contribution in [0.15, 0.2) is 58.4 Å². The van der Waals surface area contributed by atoms with Crippen molar-refractivity contribution in [3.05, 3.63) is 91.8 Å². The second-order valence-electron chi connectivity index (χ2n) is 9.18. The number of alkyl halides is 1. The molecule has 0 radical (unpaired) electrons. The Balaban J connectivity index is 1.98. The van der Waals surface area contributed by atoms with Crippen molar-refractivity contribution < 1.29 is 0 Å². The number of aryl methyl sites for hydroxylation is 6. The van der Waals surface area contributed by atoms with Crippen molar-refractivity contribution in [3.63, 3.8) is 0 Å². The molecule has 0 aromatic heterocycles. The fourth-order valence-electron chi connectivity index (χ4n) is 5.48. The van der Waals surface area contributed by atoms with Crippen LogP contribution in [0.4, 0.5) is 11.4 Å². The van der Waals surface area contributed by atoms with E-state index in [1.54, 1.807) is 0 Å². The van der Waals surface area contributed by atoms with E-state index in [2.05, 4.69) is 87.8 Å². The molecule has 1 fully saturated rings. The van der Waals surface area contributed by atoms with Crippen LogP contribution < -0.4 is 9.80 Å². The average molecular weight is 467 g/mol. The number of rotatable bonds is 3. The van der Waals surface area contributed by atoms with Gasteiger partial charge in [-0.05, 0) is 75.8 Å². The van der Waals surface area contributed by atoms with Crippen molar-refractivity contribution >= 4 is 34.6 Å². The van der Waals surface area contributed by atoms with Crippen LogP contribution in [-0.4, -0.2) is 19.0 Å². The van der Waals surface area contributed by atoms with Gasteiger partial charge in [0.05, 0.1) is 5.03 Å². The summed E-state index contributed by atoms with van der Waals surface area (Å²) in [6, 6.07) is 9.10. The zero-order valence-electron chi connectivity index (χ0n) is 19.9. The number of allylic oxidation sites excluding steroid dienone is 5. The van der Waals surface area contributed by atoms with Crippen LogP contribution in [0.25, 0.3) is 0 Å². The molecule has 0 N–H and O–H groups in total. The quantitative estimate of drug-likeness (QED) is 0.426. The van der Waals surface area contributed by atoms with E-state index in [1.807, 2.05) is 0 Å². The van der Waals surface area contributed by atoms with Crippen LogP contribution in [0.1, 0.15) is 39.8 Å². The smallest absolute Gasteiger partial charge is 0.118 e. The Kier molecular flexibility index (Phi) is 6.47. The standard InChI is InChI=1S/C28H32Cl2N2/c1-17-12-19(3)26(20(4)13-17)31-10-11-32(27-21(5)14-18(2)15-22(27)6)28(31)24-9-7-8-23(16-29)25(24)30/h7-8,12-15H,9-11,16H2,1-6H3. The zero-order chi connectivity index (χ0) is 23.2. The van der Waals surface area contributed by atoms with E-state index < -0.39 is 0 Å². The van der Waals surface area contributed by atoms with Gasteiger partial charge in [-0.2, -0.15) is 0 Å². The first-order chi connectivity index (χ1) is 15.2. The van der Waals surface area contributed by atoms with Crippen LogP contribution in [-0.2, 0) is 0 Å². The fourth-order valence-corrected chi connectivity index (χ4v) is 6.07. The lowest BCUT2D eigenvalue weighted by molar-refractivity contribution is 0.998. The molecule has 1 heterocycles. The Morgan fingerprint density at radius 1 is 0.750 bits per heavy atom. The molecule has 1 saturated heterocycles. The lowest BCUT2D eigenvalue weighted by Gasteiger charge is -2.32. The first-order valence-electron chi connectivity index (χ1n) is 11.3. The number of halogens is 2. The minimum Gasteiger partial charge on any atom is -0.325 e. The Bertz CT molecular complexity index is 1060. The Morgan fingerprint density at radius 3 is 1.59 bits per heavy atom. The van der Waals surface area contributed by atoms with E-state index in [9.17, 15) is 0 Å². The van der Waals surface area contributed by atoms with E-state index in [-0.39, 0.29) is 0 Å². The highest BCUT2D eigenvalue weighted by Gasteiger charge is 2.34. The minimum atomic E-state index is 0.414. The van der Waals surface area contributed by atoms with Gasteiger partial charge in [0.1, 0.15) is 5.82 Å². The van der Waals surface area contributed by atoms with Crippen LogP contribution in [0.5, 0.6) is 0 Å². The number of nitrogens with zero attached hydrogens (tertiary/aromatic N) is 2. The highest BCUT2D eigenvalue weighted by molar-refractivity contribution is 6.34. The monoisotopic (exact) mass is 466 g/mol. The van der Waals surface area contributed by atoms with Crippen molar-refractivity contribution in [2.75, 3.05) is 28.8 Å². The summed E-state index contributed by atoms with van der Waals surface area (Å²) in [6.45, 7) is 15.0. The molecule has 2 aliphatic rings. The molecule has 2 aromatic carbocycles. The lowest BCUT2D eigenvalue weighted by Crippen LogP contribution is -2.27. The Morgan fingerprint density at radius 2 is 1.19 bits per heavy atom. The van der Waals surface area contributed by atoms with Gasteiger partial charge in [0.25, 0.3) is 0 Å². The molecule has 4 heteroatoms. The topological polar surface area (TPSA) is 6.48 Å². The third-order valence-electron chi connectivity index (χ3n) is 6.47. The van der Waals surface area contributed by atoms with Crippen LogP contribution in [0, 0.1) is 41.5 Å². The van der Waals surface area contributed by atoms with E-state index in [0.717, 1.165) is 35.7 Å². The van der Waals surface area contributed by atoms with Gasteiger partial charge in [-0.25, -0.2) is 0 Å². The number of benzene rings is 2. The van der Waals surface area contributed by atoms with E-state index in [0.29, 0.717) is 5.88 Å². The second-order valence-corrected chi connectivity index (χ2v) is 9.82. The largest absolute Gasteiger partial charge is 0.325 e. The van der Waals surface area contributed by atoms with E-state index in [4.69, 9.17) is 23.2 Å². The molecule has 0 atom stereocenters. The molecule has 4 rings (SSSR count). The van der Waals surface area contributed by atoms with Gasteiger partial charge in [0.15, 0.2) is 0 Å². The van der Waals surface area contributed by atoms with Crippen molar-refractivity contribution in [1.82, 2.24) is 0 Å². The average Bonchev–Trinajstić information content (AvgIpc) is 3.10. The molecule has 168 valence electrons. The maximum absolute atomic E-state index is 6.98. The molecule has 0 amide bonds. The summed E-state index contributed by atoms with van der Waals surface area (Å²) in [4.78, 5) is 4.96. The third-order valence-corrected chi connectivity index (χ3v) is 7.23. The van der Waals surface area contributed by atoms with E-state index >= 15 is 0 Å². The second kappa shape index (κ2) is 9.00. The highest BCUT2D eigenvalue weighted by atomic mass is 35.5. The molecular formula is C28H32Cl2N2. The Hall–Kier alpha value is -2.16. The van der Waals surface area contributed by atoms with Gasteiger partial charge in [-0.15, -0.1) is 11.6 Å². The normalized spacial score (nSPS) is 16.6. The number of hydrogen-bond acceptors (Lipinski definition) is 2. The summed E-state index contributed by atoms with van der Waals surface area (Å²) in [6.07, 6.45) is 5.05. The molecule has 0 saturated carbocycles. The molecule has 2 nitrogen and oxygen atoms in total. The zero-order valence-corrected chi connectivity index (χ0v) is 21.5. The summed E-state index contributed by atoms with van der Waals surface area (Å²) in [5, 5.41) is 0.791. The maximum atomic E-state index is 6.98. The summed E-state index contributed by atoms with van der Waals surface area (Å²) in [5.41, 5.74) is 12.5. The number of hydrogen-bond donors (Lipinski definition) is 0. The molecule has 2 aromatic rings. The minimum absolute atomic E-state index is 0.414. The molecule has 0 spiro atoms.